The molecule has 0 spiro atoms. The van der Waals surface area contributed by atoms with E-state index in [2.05, 4.69) is 0 Å². The Morgan fingerprint density at radius 2 is 1.67 bits per heavy atom. The monoisotopic (exact) mass is 541 g/mol. The van der Waals surface area contributed by atoms with E-state index in [1.54, 1.807) is 32.9 Å². The number of benzene rings is 2. The molecule has 2 aliphatic carbocycles. The third-order valence-corrected chi connectivity index (χ3v) is 8.21. The highest BCUT2D eigenvalue weighted by molar-refractivity contribution is 6.30. The second kappa shape index (κ2) is 9.47. The minimum absolute atomic E-state index is 0.0326. The topological polar surface area (TPSA) is 197 Å². The Bertz CT molecular complexity index is 1410. The zero-order valence-electron chi connectivity index (χ0n) is 21.7. The van der Waals surface area contributed by atoms with Crippen LogP contribution in [0.1, 0.15) is 80.0 Å². The molecule has 11 heteroatoms. The number of carbonyl (C=O) groups excluding carboxylic acids is 3. The SMILES string of the molecule is Cc1cc2c(cc1C)C(=O)c1c(O)c3c(c(O)c1C2=O)C[C@@](O)(C(=O)CO)C[C@@H]3OC1CC(N)C(O)C(C)O1. The Labute approximate surface area is 223 Å². The first-order valence-electron chi connectivity index (χ1n) is 12.7. The number of hydrogen-bond donors (Lipinski definition) is 6. The zero-order chi connectivity index (χ0) is 28.5. The van der Waals surface area contributed by atoms with Crippen molar-refractivity contribution in [2.24, 2.45) is 5.73 Å². The van der Waals surface area contributed by atoms with E-state index in [4.69, 9.17) is 15.2 Å². The Morgan fingerprint density at radius 1 is 1.10 bits per heavy atom. The molecular formula is C28H31NO10. The summed E-state index contributed by atoms with van der Waals surface area (Å²) >= 11 is 0. The number of fused-ring (bicyclic) bond motifs is 3. The lowest BCUT2D eigenvalue weighted by Crippen LogP contribution is -2.53. The second-order valence-corrected chi connectivity index (χ2v) is 10.8. The van der Waals surface area contributed by atoms with Crippen LogP contribution in [-0.4, -0.2) is 79.6 Å². The van der Waals surface area contributed by atoms with Crippen molar-refractivity contribution in [3.63, 3.8) is 0 Å². The molecule has 0 aromatic heterocycles. The van der Waals surface area contributed by atoms with Gasteiger partial charge in [0, 0.05) is 47.6 Å². The van der Waals surface area contributed by atoms with Crippen LogP contribution in [0, 0.1) is 13.8 Å². The summed E-state index contributed by atoms with van der Waals surface area (Å²) in [7, 11) is 0. The number of Topliss-reactive ketones (excluding diaryl/α,β-unsaturated/α-hetero) is 1. The molecule has 11 nitrogen and oxygen atoms in total. The van der Waals surface area contributed by atoms with E-state index in [9.17, 15) is 39.9 Å². The van der Waals surface area contributed by atoms with E-state index in [1.807, 2.05) is 0 Å². The van der Waals surface area contributed by atoms with E-state index in [0.29, 0.717) is 0 Å². The first-order chi connectivity index (χ1) is 18.3. The van der Waals surface area contributed by atoms with Crippen molar-refractivity contribution in [3.05, 3.63) is 56.6 Å². The fraction of sp³-hybridized carbons (Fsp3) is 0.464. The van der Waals surface area contributed by atoms with Gasteiger partial charge in [0.25, 0.3) is 0 Å². The van der Waals surface area contributed by atoms with E-state index >= 15 is 0 Å². The first-order valence-corrected chi connectivity index (χ1v) is 12.7. The number of ether oxygens (including phenoxy) is 2. The number of aliphatic hydroxyl groups is 3. The van der Waals surface area contributed by atoms with Crippen molar-refractivity contribution >= 4 is 17.3 Å². The van der Waals surface area contributed by atoms with Crippen LogP contribution >= 0.6 is 0 Å². The number of aryl methyl sites for hydroxylation is 2. The molecule has 3 aliphatic rings. The lowest BCUT2D eigenvalue weighted by molar-refractivity contribution is -0.247. The highest BCUT2D eigenvalue weighted by Crippen LogP contribution is 2.52. The van der Waals surface area contributed by atoms with E-state index in [1.165, 1.54) is 0 Å². The van der Waals surface area contributed by atoms with Crippen molar-refractivity contribution < 1.29 is 49.4 Å². The molecule has 208 valence electrons. The lowest BCUT2D eigenvalue weighted by atomic mass is 9.71. The highest BCUT2D eigenvalue weighted by atomic mass is 16.7. The molecule has 2 aromatic carbocycles. The fourth-order valence-corrected chi connectivity index (χ4v) is 5.83. The number of nitrogens with two attached hydrogens (primary N) is 1. The van der Waals surface area contributed by atoms with Gasteiger partial charge in [-0.3, -0.25) is 14.4 Å². The number of aliphatic hydroxyl groups excluding tert-OH is 2. The molecule has 1 fully saturated rings. The Balaban J connectivity index is 1.68. The number of phenolic OH excluding ortho intramolecular Hbond substituents is 2. The molecule has 4 unspecified atom stereocenters. The number of carbonyl (C=O) groups is 3. The quantitative estimate of drug-likeness (QED) is 0.253. The van der Waals surface area contributed by atoms with Crippen LogP contribution in [-0.2, 0) is 20.7 Å². The molecule has 1 heterocycles. The van der Waals surface area contributed by atoms with Crippen molar-refractivity contribution in [1.82, 2.24) is 0 Å². The van der Waals surface area contributed by atoms with Crippen LogP contribution in [0.25, 0.3) is 0 Å². The van der Waals surface area contributed by atoms with Crippen molar-refractivity contribution in [2.45, 2.75) is 76.3 Å². The summed E-state index contributed by atoms with van der Waals surface area (Å²) in [4.78, 5) is 39.8. The average Bonchev–Trinajstić information content (AvgIpc) is 2.88. The van der Waals surface area contributed by atoms with Crippen molar-refractivity contribution in [2.75, 3.05) is 6.61 Å². The smallest absolute Gasteiger partial charge is 0.198 e. The first kappa shape index (κ1) is 27.4. The number of ketones is 3. The molecule has 5 rings (SSSR count). The second-order valence-electron chi connectivity index (χ2n) is 10.8. The summed E-state index contributed by atoms with van der Waals surface area (Å²) in [6, 6.07) is 2.38. The molecule has 7 N–H and O–H groups in total. The number of aromatic hydroxyl groups is 2. The Kier molecular flexibility index (Phi) is 6.65. The highest BCUT2D eigenvalue weighted by Gasteiger charge is 2.50. The average molecular weight is 542 g/mol. The summed E-state index contributed by atoms with van der Waals surface area (Å²) in [6.07, 6.45) is -4.99. The molecule has 0 bridgehead atoms. The molecular weight excluding hydrogens is 510 g/mol. The summed E-state index contributed by atoms with van der Waals surface area (Å²) in [5.74, 6) is -3.60. The van der Waals surface area contributed by atoms with Gasteiger partial charge in [-0.1, -0.05) is 0 Å². The van der Waals surface area contributed by atoms with Gasteiger partial charge in [0.05, 0.1) is 29.4 Å². The Morgan fingerprint density at radius 3 is 2.21 bits per heavy atom. The van der Waals surface area contributed by atoms with Gasteiger partial charge >= 0.3 is 0 Å². The maximum Gasteiger partial charge on any atom is 0.198 e. The largest absolute Gasteiger partial charge is 0.507 e. The fourth-order valence-electron chi connectivity index (χ4n) is 5.83. The molecule has 1 saturated heterocycles. The number of rotatable bonds is 4. The van der Waals surface area contributed by atoms with Crippen LogP contribution in [0.5, 0.6) is 11.5 Å². The zero-order valence-corrected chi connectivity index (χ0v) is 21.7. The van der Waals surface area contributed by atoms with Gasteiger partial charge in [0.2, 0.25) is 0 Å². The summed E-state index contributed by atoms with van der Waals surface area (Å²) in [5, 5.41) is 53.8. The van der Waals surface area contributed by atoms with E-state index in [-0.39, 0.29) is 28.7 Å². The summed E-state index contributed by atoms with van der Waals surface area (Å²) in [5.41, 5.74) is 4.37. The van der Waals surface area contributed by atoms with Crippen LogP contribution < -0.4 is 5.73 Å². The van der Waals surface area contributed by atoms with Gasteiger partial charge in [-0.05, 0) is 44.0 Å². The van der Waals surface area contributed by atoms with Crippen LogP contribution in [0.4, 0.5) is 0 Å². The maximum absolute atomic E-state index is 13.6. The molecule has 0 amide bonds. The van der Waals surface area contributed by atoms with E-state index in [0.717, 1.165) is 11.1 Å². The van der Waals surface area contributed by atoms with Gasteiger partial charge in [0.1, 0.15) is 23.7 Å². The van der Waals surface area contributed by atoms with Gasteiger partial charge in [-0.2, -0.15) is 0 Å². The van der Waals surface area contributed by atoms with Crippen LogP contribution in [0.3, 0.4) is 0 Å². The molecule has 39 heavy (non-hydrogen) atoms. The van der Waals surface area contributed by atoms with Crippen molar-refractivity contribution in [1.29, 1.82) is 0 Å². The van der Waals surface area contributed by atoms with Gasteiger partial charge < -0.3 is 40.7 Å². The molecule has 6 atom stereocenters. The van der Waals surface area contributed by atoms with Crippen LogP contribution in [0.15, 0.2) is 12.1 Å². The minimum atomic E-state index is -2.22. The maximum atomic E-state index is 13.6. The Hall–Kier alpha value is -3.19. The molecule has 2 aromatic rings. The third-order valence-electron chi connectivity index (χ3n) is 8.21. The third kappa shape index (κ3) is 4.17. The van der Waals surface area contributed by atoms with Gasteiger partial charge in [-0.25, -0.2) is 0 Å². The molecule has 1 aliphatic heterocycles. The molecule has 0 saturated carbocycles. The van der Waals surface area contributed by atoms with Crippen LogP contribution in [0.2, 0.25) is 0 Å². The summed E-state index contributed by atoms with van der Waals surface area (Å²) in [6.45, 7) is 4.14. The minimum Gasteiger partial charge on any atom is -0.507 e. The van der Waals surface area contributed by atoms with Crippen molar-refractivity contribution in [3.8, 4) is 11.5 Å². The molecule has 0 radical (unpaired) electrons. The standard InChI is InChI=1S/C28H31NO10/c1-10-4-13-14(5-11(10)2)25(34)22-21(24(13)33)26(35)15-7-28(37,18(31)9-30)8-17(20(15)27(22)36)39-19-6-16(29)23(32)12(3)38-19/h4-5,12,16-17,19,23,30,32,35-37H,6-9,29H2,1-3H3/t12?,16?,17-,19?,23?,28-/m0/s1. The van der Waals surface area contributed by atoms with E-state index < -0.39 is 95.7 Å². The predicted octanol–water partition coefficient (Wildman–Crippen LogP) is 0.610. The number of phenols is 2. The predicted molar refractivity (Wildman–Crippen MR) is 135 cm³/mol. The van der Waals surface area contributed by atoms with Gasteiger partial charge in [0.15, 0.2) is 23.6 Å². The summed E-state index contributed by atoms with van der Waals surface area (Å²) < 4.78 is 11.8. The van der Waals surface area contributed by atoms with Gasteiger partial charge in [-0.15, -0.1) is 0 Å². The number of hydrogen-bond acceptors (Lipinski definition) is 11. The lowest BCUT2D eigenvalue weighted by Gasteiger charge is -2.42. The normalized spacial score (nSPS) is 30.0.